The predicted octanol–water partition coefficient (Wildman–Crippen LogP) is 2.59. The molecule has 10 heteroatoms. The van der Waals surface area contributed by atoms with Gasteiger partial charge in [-0.15, -0.1) is 0 Å². The van der Waals surface area contributed by atoms with E-state index in [1.54, 1.807) is 19.6 Å². The molecule has 0 aromatic rings. The second-order valence-corrected chi connectivity index (χ2v) is 10.7. The fourth-order valence-electron chi connectivity index (χ4n) is 0.714. The monoisotopic (exact) mass is 306 g/mol. The van der Waals surface area contributed by atoms with Crippen LogP contribution in [0, 0.1) is 0 Å². The molecule has 0 saturated carbocycles. The van der Waals surface area contributed by atoms with E-state index in [1.165, 1.54) is 0 Å². The summed E-state index contributed by atoms with van der Waals surface area (Å²) in [6.07, 6.45) is -4.66. The van der Waals surface area contributed by atoms with E-state index < -0.39 is 29.8 Å². The topological polar surface area (TPSA) is 46.2 Å². The van der Waals surface area contributed by atoms with Crippen molar-refractivity contribution < 1.29 is 35.6 Å². The summed E-state index contributed by atoms with van der Waals surface area (Å²) in [6, 6.07) is 0. The minimum atomic E-state index is -3.92. The normalized spacial score (nSPS) is 14.4. The zero-order valence-corrected chi connectivity index (χ0v) is 12.8. The predicted molar refractivity (Wildman–Crippen MR) is 61.6 cm³/mol. The molecule has 0 aromatic carbocycles. The summed E-state index contributed by atoms with van der Waals surface area (Å²) in [5.41, 5.74) is 0. The Morgan fingerprint density at radius 2 is 1.56 bits per heavy atom. The first kappa shape index (κ1) is 17.8. The molecule has 0 saturated heterocycles. The molecule has 0 rings (SSSR count). The summed E-state index contributed by atoms with van der Waals surface area (Å²) < 4.78 is 60.9. The molecule has 1 atom stereocenters. The lowest BCUT2D eigenvalue weighted by atomic mass is 10.6. The minimum absolute atomic E-state index is 0.0301. The first-order valence-corrected chi connectivity index (χ1v) is 10.00. The highest BCUT2D eigenvalue weighted by Gasteiger charge is 2.49. The van der Waals surface area contributed by atoms with Crippen molar-refractivity contribution in [3.63, 3.8) is 0 Å². The van der Waals surface area contributed by atoms with Gasteiger partial charge in [0.1, 0.15) is 0 Å². The molecule has 0 radical (unpaired) electrons. The van der Waals surface area contributed by atoms with Gasteiger partial charge in [0.2, 0.25) is 14.7 Å². The zero-order chi connectivity index (χ0) is 14.4. The Balaban J connectivity index is 4.66. The van der Waals surface area contributed by atoms with Crippen molar-refractivity contribution in [2.24, 2.45) is 0 Å². The van der Waals surface area contributed by atoms with Crippen molar-refractivity contribution in [2.45, 2.75) is 26.0 Å². The molecule has 0 aliphatic carbocycles. The van der Waals surface area contributed by atoms with E-state index in [0.717, 1.165) is 14.2 Å². The van der Waals surface area contributed by atoms with Crippen LogP contribution in [0.15, 0.2) is 12.2 Å². The van der Waals surface area contributed by atoms with Gasteiger partial charge in [0.25, 0.3) is 6.08 Å². The minimum Gasteiger partial charge on any atom is -0.353 e. The van der Waals surface area contributed by atoms with Crippen LogP contribution in [0.3, 0.4) is 0 Å². The molecule has 0 aromatic heterocycles. The Morgan fingerprint density at radius 1 is 1.06 bits per heavy atom. The van der Waals surface area contributed by atoms with Crippen molar-refractivity contribution >= 4 is 17.4 Å². The first-order valence-electron chi connectivity index (χ1n) is 4.96. The molecule has 108 valence electrons. The molecule has 0 N–H and O–H groups in total. The summed E-state index contributed by atoms with van der Waals surface area (Å²) in [6.45, 7) is 5.39. The van der Waals surface area contributed by atoms with Crippen LogP contribution in [0.1, 0.15) is 0 Å². The van der Waals surface area contributed by atoms with E-state index in [-0.39, 0.29) is 6.08 Å². The van der Waals surface area contributed by atoms with Gasteiger partial charge < -0.3 is 13.3 Å². The molecule has 0 spiro atoms. The molecule has 0 amide bonds. The zero-order valence-electron chi connectivity index (χ0n) is 10.8. The maximum atomic E-state index is 13.1. The smallest absolute Gasteiger partial charge is 0.353 e. The van der Waals surface area contributed by atoms with Gasteiger partial charge in [0, 0.05) is 20.3 Å². The molecule has 0 aliphatic rings. The second kappa shape index (κ2) is 7.38. The van der Waals surface area contributed by atoms with E-state index in [1.807, 2.05) is 0 Å². The van der Waals surface area contributed by atoms with Crippen LogP contribution in [0.4, 0.5) is 13.2 Å². The number of rotatable bonds is 8. The van der Waals surface area contributed by atoms with Gasteiger partial charge in [0.15, 0.2) is 0 Å². The van der Waals surface area contributed by atoms with Gasteiger partial charge in [-0.25, -0.2) is 8.97 Å². The lowest BCUT2D eigenvalue weighted by Crippen LogP contribution is -2.51. The average Bonchev–Trinajstić information content (AvgIpc) is 2.22. The Labute approximate surface area is 106 Å². The third-order valence-corrected chi connectivity index (χ3v) is 3.96. The largest absolute Gasteiger partial charge is 0.708 e. The van der Waals surface area contributed by atoms with Gasteiger partial charge >= 0.3 is 9.05 Å². The Hall–Kier alpha value is -0.236. The van der Waals surface area contributed by atoms with E-state index in [0.29, 0.717) is 0 Å². The molecule has 0 heterocycles. The van der Waals surface area contributed by atoms with Crippen LogP contribution in [-0.2, 0) is 22.4 Å². The molecule has 0 fully saturated rings. The third kappa shape index (κ3) is 7.25. The lowest BCUT2D eigenvalue weighted by molar-refractivity contribution is -0.212. The van der Waals surface area contributed by atoms with Gasteiger partial charge in [0.05, 0.1) is 0 Å². The molecular weight excluding hydrogens is 289 g/mol. The van der Waals surface area contributed by atoms with Crippen molar-refractivity contribution in [1.82, 2.24) is 0 Å². The molecular formula is C8H17F3O5Si2. The highest BCUT2D eigenvalue weighted by Crippen LogP contribution is 2.18. The van der Waals surface area contributed by atoms with Crippen molar-refractivity contribution in [1.29, 1.82) is 0 Å². The highest BCUT2D eigenvalue weighted by atomic mass is 28.4. The summed E-state index contributed by atoms with van der Waals surface area (Å²) in [4.78, 5) is 0. The van der Waals surface area contributed by atoms with Gasteiger partial charge in [-0.2, -0.15) is 8.78 Å². The first-order chi connectivity index (χ1) is 8.14. The quantitative estimate of drug-likeness (QED) is 0.392. The molecule has 18 heavy (non-hydrogen) atoms. The summed E-state index contributed by atoms with van der Waals surface area (Å²) in [5, 5.41) is 0. The number of alkyl halides is 1. The van der Waals surface area contributed by atoms with Crippen LogP contribution in [0.5, 0.6) is 0 Å². The maximum Gasteiger partial charge on any atom is 0.708 e. The molecule has 1 unspecified atom stereocenters. The van der Waals surface area contributed by atoms with Crippen LogP contribution in [0.25, 0.3) is 0 Å². The van der Waals surface area contributed by atoms with Crippen LogP contribution >= 0.6 is 0 Å². The molecule has 5 nitrogen and oxygen atoms in total. The average molecular weight is 306 g/mol. The Kier molecular flexibility index (Phi) is 7.28. The van der Waals surface area contributed by atoms with Crippen molar-refractivity contribution in [2.75, 3.05) is 14.2 Å². The van der Waals surface area contributed by atoms with Crippen LogP contribution in [-0.4, -0.2) is 37.9 Å². The molecule has 0 aliphatic heterocycles. The lowest BCUT2D eigenvalue weighted by Gasteiger charge is -2.27. The SMILES string of the molecule is CO[Si](OC)(OO[Si](C)(C)C)OC(F)C=C(F)F. The summed E-state index contributed by atoms with van der Waals surface area (Å²) >= 11 is 0. The number of halogens is 3. The van der Waals surface area contributed by atoms with E-state index in [9.17, 15) is 13.2 Å². The van der Waals surface area contributed by atoms with Crippen LogP contribution in [0.2, 0.25) is 19.6 Å². The van der Waals surface area contributed by atoms with Gasteiger partial charge in [-0.3, -0.25) is 4.58 Å². The summed E-state index contributed by atoms with van der Waals surface area (Å²) in [5.74, 6) is 0. The van der Waals surface area contributed by atoms with Gasteiger partial charge in [-0.05, 0) is 19.6 Å². The number of hydrogen-bond acceptors (Lipinski definition) is 5. The van der Waals surface area contributed by atoms with E-state index in [4.69, 9.17) is 18.0 Å². The third-order valence-electron chi connectivity index (χ3n) is 1.41. The second-order valence-electron chi connectivity index (χ2n) is 4.11. The summed E-state index contributed by atoms with van der Waals surface area (Å²) in [7, 11) is -3.73. The van der Waals surface area contributed by atoms with Crippen molar-refractivity contribution in [3.05, 3.63) is 12.2 Å². The number of hydrogen-bond donors (Lipinski definition) is 0. The standard InChI is InChI=1S/C8H17F3O5Si2/c1-12-18(13-2,16-15-17(3,4)5)14-8(11)6-7(9)10/h6,8H,1-5H3. The van der Waals surface area contributed by atoms with Crippen LogP contribution < -0.4 is 0 Å². The fourth-order valence-corrected chi connectivity index (χ4v) is 3.00. The molecule has 0 bridgehead atoms. The van der Waals surface area contributed by atoms with Crippen molar-refractivity contribution in [3.8, 4) is 0 Å². The highest BCUT2D eigenvalue weighted by molar-refractivity contribution is 6.70. The Bertz CT molecular complexity index is 276. The van der Waals surface area contributed by atoms with E-state index >= 15 is 0 Å². The maximum absolute atomic E-state index is 13.1. The Morgan fingerprint density at radius 3 is 1.89 bits per heavy atom. The van der Waals surface area contributed by atoms with Gasteiger partial charge in [-0.1, -0.05) is 0 Å². The fraction of sp³-hybridized carbons (Fsp3) is 0.750. The van der Waals surface area contributed by atoms with E-state index in [2.05, 4.69) is 4.43 Å².